The van der Waals surface area contributed by atoms with Gasteiger partial charge in [-0.1, -0.05) is 55.8 Å². The summed E-state index contributed by atoms with van der Waals surface area (Å²) in [5.74, 6) is 1.71. The second kappa shape index (κ2) is 10.7. The molecule has 0 aliphatic heterocycles. The van der Waals surface area contributed by atoms with E-state index in [4.69, 9.17) is 14.5 Å². The van der Waals surface area contributed by atoms with Crippen LogP contribution in [0, 0.1) is 0 Å². The normalized spacial score (nSPS) is 11.8. The number of nitrogens with zero attached hydrogens (tertiary/aromatic N) is 1. The highest BCUT2D eigenvalue weighted by atomic mass is 16.5. The van der Waals surface area contributed by atoms with Crippen molar-refractivity contribution in [2.24, 2.45) is 0 Å². The Morgan fingerprint density at radius 3 is 2.58 bits per heavy atom. The van der Waals surface area contributed by atoms with Gasteiger partial charge >= 0.3 is 0 Å². The quantitative estimate of drug-likeness (QED) is 0.319. The largest absolute Gasteiger partial charge is 0.493 e. The van der Waals surface area contributed by atoms with E-state index in [0.717, 1.165) is 35.3 Å². The molecule has 0 fully saturated rings. The lowest BCUT2D eigenvalue weighted by Crippen LogP contribution is -2.30. The van der Waals surface area contributed by atoms with E-state index in [2.05, 4.69) is 17.2 Å². The van der Waals surface area contributed by atoms with Crippen LogP contribution < -0.4 is 14.8 Å². The second-order valence-electron chi connectivity index (χ2n) is 7.92. The van der Waals surface area contributed by atoms with Crippen LogP contribution in [0.4, 0.5) is 0 Å². The number of methoxy groups -OCH3 is 1. The Labute approximate surface area is 194 Å². The van der Waals surface area contributed by atoms with Crippen LogP contribution in [0.1, 0.15) is 47.6 Å². The Hall–Kier alpha value is -3.80. The van der Waals surface area contributed by atoms with E-state index in [-0.39, 0.29) is 11.9 Å². The SMILES string of the molecule is CCCCOc1ccc(C(=O)NC(Cc2ccccc2)c2nc3ccccc3[nH]2)cc1OC. The monoisotopic (exact) mass is 443 g/mol. The van der Waals surface area contributed by atoms with E-state index >= 15 is 0 Å². The molecular formula is C27H29N3O3. The van der Waals surface area contributed by atoms with Crippen molar-refractivity contribution in [3.8, 4) is 11.5 Å². The average Bonchev–Trinajstić information content (AvgIpc) is 3.29. The smallest absolute Gasteiger partial charge is 0.252 e. The van der Waals surface area contributed by atoms with Gasteiger partial charge in [0.25, 0.3) is 5.91 Å². The van der Waals surface area contributed by atoms with Crippen LogP contribution >= 0.6 is 0 Å². The Kier molecular flexibility index (Phi) is 7.25. The van der Waals surface area contributed by atoms with Crippen LogP contribution in [0.15, 0.2) is 72.8 Å². The first-order chi connectivity index (χ1) is 16.2. The first-order valence-corrected chi connectivity index (χ1v) is 11.3. The third-order valence-electron chi connectivity index (χ3n) is 5.51. The van der Waals surface area contributed by atoms with Gasteiger partial charge < -0.3 is 19.8 Å². The maximum Gasteiger partial charge on any atom is 0.252 e. The van der Waals surface area contributed by atoms with E-state index < -0.39 is 0 Å². The number of hydrogen-bond acceptors (Lipinski definition) is 4. The van der Waals surface area contributed by atoms with Gasteiger partial charge in [-0.25, -0.2) is 4.98 Å². The fourth-order valence-corrected chi connectivity index (χ4v) is 3.70. The molecule has 33 heavy (non-hydrogen) atoms. The highest BCUT2D eigenvalue weighted by Crippen LogP contribution is 2.29. The number of para-hydroxylation sites is 2. The van der Waals surface area contributed by atoms with Gasteiger partial charge in [0.2, 0.25) is 0 Å². The molecule has 0 saturated heterocycles. The van der Waals surface area contributed by atoms with Gasteiger partial charge in [-0.15, -0.1) is 0 Å². The number of aromatic amines is 1. The molecule has 6 heteroatoms. The van der Waals surface area contributed by atoms with Gasteiger partial charge in [0.1, 0.15) is 5.82 Å². The molecule has 1 atom stereocenters. The standard InChI is InChI=1S/C27H29N3O3/c1-3-4-16-33-24-15-14-20(18-25(24)32-2)27(31)30-23(17-19-10-6-5-7-11-19)26-28-21-12-8-9-13-22(21)29-26/h5-15,18,23H,3-4,16-17H2,1-2H3,(H,28,29)(H,30,31). The van der Waals surface area contributed by atoms with Gasteiger partial charge in [0.05, 0.1) is 30.8 Å². The van der Waals surface area contributed by atoms with Crippen LogP contribution in [0.2, 0.25) is 0 Å². The molecule has 1 amide bonds. The number of fused-ring (bicyclic) bond motifs is 1. The van der Waals surface area contributed by atoms with E-state index in [0.29, 0.717) is 30.1 Å². The summed E-state index contributed by atoms with van der Waals surface area (Å²) in [6, 6.07) is 22.9. The van der Waals surface area contributed by atoms with Gasteiger partial charge in [-0.3, -0.25) is 4.79 Å². The molecule has 6 nitrogen and oxygen atoms in total. The van der Waals surface area contributed by atoms with Crippen molar-refractivity contribution in [3.05, 3.63) is 89.7 Å². The van der Waals surface area contributed by atoms with Crippen LogP contribution in [0.3, 0.4) is 0 Å². The lowest BCUT2D eigenvalue weighted by molar-refractivity contribution is 0.0934. The molecule has 0 saturated carbocycles. The number of rotatable bonds is 10. The number of carbonyl (C=O) groups is 1. The predicted octanol–water partition coefficient (Wildman–Crippen LogP) is 5.46. The predicted molar refractivity (Wildman–Crippen MR) is 130 cm³/mol. The van der Waals surface area contributed by atoms with E-state index in [1.165, 1.54) is 0 Å². The fourth-order valence-electron chi connectivity index (χ4n) is 3.70. The molecular weight excluding hydrogens is 414 g/mol. The van der Waals surface area contributed by atoms with Crippen LogP contribution in [0.25, 0.3) is 11.0 Å². The zero-order valence-electron chi connectivity index (χ0n) is 19.0. The third-order valence-corrected chi connectivity index (χ3v) is 5.51. The van der Waals surface area contributed by atoms with Gasteiger partial charge in [0, 0.05) is 5.56 Å². The summed E-state index contributed by atoms with van der Waals surface area (Å²) in [6.07, 6.45) is 2.62. The molecule has 4 aromatic rings. The van der Waals surface area contributed by atoms with Crippen molar-refractivity contribution in [1.82, 2.24) is 15.3 Å². The number of carbonyl (C=O) groups excluding carboxylic acids is 1. The highest BCUT2D eigenvalue weighted by Gasteiger charge is 2.21. The number of benzene rings is 3. The first kappa shape index (κ1) is 22.4. The van der Waals surface area contributed by atoms with E-state index in [9.17, 15) is 4.79 Å². The van der Waals surface area contributed by atoms with Gasteiger partial charge in [-0.2, -0.15) is 0 Å². The Bertz CT molecular complexity index is 1170. The Morgan fingerprint density at radius 2 is 1.82 bits per heavy atom. The van der Waals surface area contributed by atoms with Gasteiger partial charge in [-0.05, 0) is 48.7 Å². The summed E-state index contributed by atoms with van der Waals surface area (Å²) < 4.78 is 11.3. The Balaban J connectivity index is 1.58. The zero-order valence-corrected chi connectivity index (χ0v) is 19.0. The number of ether oxygens (including phenoxy) is 2. The number of nitrogens with one attached hydrogen (secondary N) is 2. The van der Waals surface area contributed by atoms with Crippen LogP contribution in [-0.2, 0) is 6.42 Å². The number of hydrogen-bond donors (Lipinski definition) is 2. The maximum atomic E-state index is 13.2. The number of aromatic nitrogens is 2. The summed E-state index contributed by atoms with van der Waals surface area (Å²) in [7, 11) is 1.58. The molecule has 4 rings (SSSR count). The molecule has 0 radical (unpaired) electrons. The molecule has 3 aromatic carbocycles. The van der Waals surface area contributed by atoms with Crippen molar-refractivity contribution in [3.63, 3.8) is 0 Å². The maximum absolute atomic E-state index is 13.2. The molecule has 0 aliphatic carbocycles. The molecule has 0 bridgehead atoms. The van der Waals surface area contributed by atoms with Crippen molar-refractivity contribution >= 4 is 16.9 Å². The summed E-state index contributed by atoms with van der Waals surface area (Å²) in [6.45, 7) is 2.73. The van der Waals surface area contributed by atoms with Crippen molar-refractivity contribution < 1.29 is 14.3 Å². The molecule has 0 spiro atoms. The molecule has 0 aliphatic rings. The number of amides is 1. The van der Waals surface area contributed by atoms with E-state index in [1.54, 1.807) is 25.3 Å². The van der Waals surface area contributed by atoms with Crippen molar-refractivity contribution in [2.75, 3.05) is 13.7 Å². The number of unbranched alkanes of at least 4 members (excludes halogenated alkanes) is 1. The Morgan fingerprint density at radius 1 is 1.03 bits per heavy atom. The summed E-state index contributed by atoms with van der Waals surface area (Å²) >= 11 is 0. The molecule has 170 valence electrons. The summed E-state index contributed by atoms with van der Waals surface area (Å²) in [5.41, 5.74) is 3.43. The van der Waals surface area contributed by atoms with Crippen LogP contribution in [-0.4, -0.2) is 29.6 Å². The van der Waals surface area contributed by atoms with E-state index in [1.807, 2.05) is 54.6 Å². The average molecular weight is 444 g/mol. The lowest BCUT2D eigenvalue weighted by atomic mass is 10.0. The zero-order chi connectivity index (χ0) is 23.0. The second-order valence-corrected chi connectivity index (χ2v) is 7.92. The summed E-state index contributed by atoms with van der Waals surface area (Å²) in [5, 5.41) is 3.15. The lowest BCUT2D eigenvalue weighted by Gasteiger charge is -2.18. The number of H-pyrrole nitrogens is 1. The van der Waals surface area contributed by atoms with Crippen LogP contribution in [0.5, 0.6) is 11.5 Å². The molecule has 1 aromatic heterocycles. The number of imidazole rings is 1. The minimum Gasteiger partial charge on any atom is -0.493 e. The van der Waals surface area contributed by atoms with Crippen molar-refractivity contribution in [2.45, 2.75) is 32.2 Å². The molecule has 2 N–H and O–H groups in total. The minimum atomic E-state index is -0.321. The fraction of sp³-hybridized carbons (Fsp3) is 0.259. The van der Waals surface area contributed by atoms with Gasteiger partial charge in [0.15, 0.2) is 11.5 Å². The topological polar surface area (TPSA) is 76.2 Å². The van der Waals surface area contributed by atoms with Crippen molar-refractivity contribution in [1.29, 1.82) is 0 Å². The molecule has 1 heterocycles. The summed E-state index contributed by atoms with van der Waals surface area (Å²) in [4.78, 5) is 21.3. The highest BCUT2D eigenvalue weighted by molar-refractivity contribution is 5.95. The molecule has 1 unspecified atom stereocenters. The first-order valence-electron chi connectivity index (χ1n) is 11.3. The minimum absolute atomic E-state index is 0.199. The third kappa shape index (κ3) is 5.52.